The highest BCUT2D eigenvalue weighted by molar-refractivity contribution is 5.94. The Morgan fingerprint density at radius 3 is 2.89 bits per heavy atom. The van der Waals surface area contributed by atoms with Crippen LogP contribution in [0.15, 0.2) is 24.4 Å². The molecule has 1 unspecified atom stereocenters. The fourth-order valence-electron chi connectivity index (χ4n) is 3.99. The number of anilines is 2. The summed E-state index contributed by atoms with van der Waals surface area (Å²) >= 11 is 0. The summed E-state index contributed by atoms with van der Waals surface area (Å²) < 4.78 is 11.1. The number of carbonyl (C=O) groups is 1. The minimum absolute atomic E-state index is 0.000756. The molecule has 4 heterocycles. The van der Waals surface area contributed by atoms with Gasteiger partial charge in [-0.1, -0.05) is 12.1 Å². The van der Waals surface area contributed by atoms with Crippen LogP contribution in [0, 0.1) is 0 Å². The van der Waals surface area contributed by atoms with E-state index in [0.29, 0.717) is 23.6 Å². The number of nitrogens with one attached hydrogen (secondary N) is 1. The van der Waals surface area contributed by atoms with E-state index in [1.807, 2.05) is 0 Å². The summed E-state index contributed by atoms with van der Waals surface area (Å²) in [5.41, 5.74) is 3.14. The first-order valence-corrected chi connectivity index (χ1v) is 9.72. The van der Waals surface area contributed by atoms with Crippen molar-refractivity contribution in [1.82, 2.24) is 14.9 Å². The number of hydrogen-bond acceptors (Lipinski definition) is 7. The van der Waals surface area contributed by atoms with Crippen LogP contribution in [0.3, 0.4) is 0 Å². The van der Waals surface area contributed by atoms with E-state index in [0.717, 1.165) is 45.0 Å². The predicted octanol–water partition coefficient (Wildman–Crippen LogP) is 1.63. The van der Waals surface area contributed by atoms with Crippen molar-refractivity contribution < 1.29 is 14.3 Å². The lowest BCUT2D eigenvalue weighted by Gasteiger charge is -2.38. The Bertz CT molecular complexity index is 911. The third-order valence-electron chi connectivity index (χ3n) is 5.70. The Hall–Kier alpha value is -2.87. The normalized spacial score (nSPS) is 19.9. The van der Waals surface area contributed by atoms with Crippen LogP contribution in [0.1, 0.15) is 24.1 Å². The highest BCUT2D eigenvalue weighted by atomic mass is 16.5. The summed E-state index contributed by atoms with van der Waals surface area (Å²) in [5, 5.41) is 2.72. The summed E-state index contributed by atoms with van der Waals surface area (Å²) in [6.45, 7) is 6.58. The predicted molar refractivity (Wildman–Crippen MR) is 104 cm³/mol. The van der Waals surface area contributed by atoms with Gasteiger partial charge in [0, 0.05) is 38.6 Å². The van der Waals surface area contributed by atoms with E-state index in [9.17, 15) is 4.79 Å². The van der Waals surface area contributed by atoms with Gasteiger partial charge in [0.05, 0.1) is 12.8 Å². The first kappa shape index (κ1) is 17.2. The van der Waals surface area contributed by atoms with E-state index >= 15 is 0 Å². The molecule has 0 radical (unpaired) electrons. The van der Waals surface area contributed by atoms with Crippen LogP contribution >= 0.6 is 0 Å². The van der Waals surface area contributed by atoms with Crippen LogP contribution in [-0.4, -0.2) is 60.2 Å². The molecule has 0 aliphatic carbocycles. The summed E-state index contributed by atoms with van der Waals surface area (Å²) in [6, 6.07) is 6.95. The van der Waals surface area contributed by atoms with Crippen molar-refractivity contribution in [1.29, 1.82) is 0 Å². The van der Waals surface area contributed by atoms with Gasteiger partial charge >= 0.3 is 0 Å². The molecule has 0 saturated carbocycles. The van der Waals surface area contributed by atoms with Gasteiger partial charge < -0.3 is 19.7 Å². The second-order valence-electron chi connectivity index (χ2n) is 7.39. The molecule has 1 aromatic heterocycles. The number of carbonyl (C=O) groups excluding carboxylic acids is 1. The second kappa shape index (κ2) is 6.94. The van der Waals surface area contributed by atoms with Crippen molar-refractivity contribution in [3.05, 3.63) is 35.5 Å². The first-order chi connectivity index (χ1) is 13.7. The zero-order chi connectivity index (χ0) is 19.1. The van der Waals surface area contributed by atoms with Crippen LogP contribution in [0.2, 0.25) is 0 Å². The highest BCUT2D eigenvalue weighted by Crippen LogP contribution is 2.31. The Balaban J connectivity index is 1.24. The Labute approximate surface area is 163 Å². The number of fused-ring (bicyclic) bond motifs is 2. The zero-order valence-electron chi connectivity index (χ0n) is 15.9. The molecular formula is C20H23N5O3. The molecule has 1 atom stereocenters. The maximum absolute atomic E-state index is 11.4. The van der Waals surface area contributed by atoms with Gasteiger partial charge in [0.2, 0.25) is 11.8 Å². The molecule has 1 N–H and O–H groups in total. The molecular weight excluding hydrogens is 358 g/mol. The topological polar surface area (TPSA) is 79.8 Å². The molecule has 3 aliphatic rings. The fraction of sp³-hybridized carbons (Fsp3) is 0.450. The average Bonchev–Trinajstić information content (AvgIpc) is 3.21. The third kappa shape index (κ3) is 3.13. The number of piperazine rings is 1. The number of nitrogens with zero attached hydrogens (tertiary/aromatic N) is 4. The molecule has 5 rings (SSSR count). The summed E-state index contributed by atoms with van der Waals surface area (Å²) in [6.07, 6.45) is 2.63. The molecule has 146 valence electrons. The zero-order valence-corrected chi connectivity index (χ0v) is 15.9. The monoisotopic (exact) mass is 381 g/mol. The third-order valence-corrected chi connectivity index (χ3v) is 5.70. The summed E-state index contributed by atoms with van der Waals surface area (Å²) in [7, 11) is 0. The average molecular weight is 381 g/mol. The van der Waals surface area contributed by atoms with Crippen LogP contribution in [0.25, 0.3) is 0 Å². The molecule has 1 amide bonds. The van der Waals surface area contributed by atoms with Crippen molar-refractivity contribution in [3.8, 4) is 11.6 Å². The lowest BCUT2D eigenvalue weighted by molar-refractivity contribution is -0.118. The molecule has 2 aromatic rings. The lowest BCUT2D eigenvalue weighted by atomic mass is 10.0. The van der Waals surface area contributed by atoms with E-state index in [1.165, 1.54) is 11.1 Å². The maximum Gasteiger partial charge on any atom is 0.262 e. The van der Waals surface area contributed by atoms with Crippen LogP contribution in [0.4, 0.5) is 11.6 Å². The molecule has 28 heavy (non-hydrogen) atoms. The highest BCUT2D eigenvalue weighted by Gasteiger charge is 2.26. The number of benzene rings is 1. The minimum atomic E-state index is -0.177. The molecule has 1 saturated heterocycles. The standard InChI is InChI=1S/C20H23N5O3/c1-13(15-3-2-14-4-9-27-17(14)10-15)24-5-7-25(8-6-24)20-21-11-16-19(23-20)28-12-18(26)22-16/h2-3,10-11,13H,4-9,12H2,1H3,(H,22,26). The number of amides is 1. The molecule has 8 nitrogen and oxygen atoms in total. The van der Waals surface area contributed by atoms with Gasteiger partial charge in [-0.3, -0.25) is 9.69 Å². The molecule has 1 fully saturated rings. The van der Waals surface area contributed by atoms with E-state index < -0.39 is 0 Å². The van der Waals surface area contributed by atoms with Gasteiger partial charge in [0.25, 0.3) is 5.91 Å². The number of aromatic nitrogens is 2. The molecule has 0 bridgehead atoms. The molecule has 3 aliphatic heterocycles. The van der Waals surface area contributed by atoms with Crippen molar-refractivity contribution in [2.24, 2.45) is 0 Å². The summed E-state index contributed by atoms with van der Waals surface area (Å²) in [4.78, 5) is 24.9. The molecule has 0 spiro atoms. The van der Waals surface area contributed by atoms with Crippen molar-refractivity contribution >= 4 is 17.5 Å². The molecule has 1 aromatic carbocycles. The quantitative estimate of drug-likeness (QED) is 0.865. The van der Waals surface area contributed by atoms with Gasteiger partial charge in [-0.15, -0.1) is 0 Å². The van der Waals surface area contributed by atoms with E-state index in [1.54, 1.807) is 6.20 Å². The van der Waals surface area contributed by atoms with Crippen LogP contribution in [0.5, 0.6) is 11.6 Å². The van der Waals surface area contributed by atoms with E-state index in [2.05, 4.69) is 50.2 Å². The van der Waals surface area contributed by atoms with Crippen molar-refractivity contribution in [2.45, 2.75) is 19.4 Å². The minimum Gasteiger partial charge on any atom is -0.493 e. The largest absolute Gasteiger partial charge is 0.493 e. The van der Waals surface area contributed by atoms with Crippen LogP contribution < -0.4 is 19.7 Å². The SMILES string of the molecule is CC(c1ccc2c(c1)OCC2)N1CCN(c2ncc3c(n2)OCC(=O)N3)CC1. The second-order valence-corrected chi connectivity index (χ2v) is 7.39. The van der Waals surface area contributed by atoms with Gasteiger partial charge in [0.15, 0.2) is 6.61 Å². The lowest BCUT2D eigenvalue weighted by Crippen LogP contribution is -2.47. The van der Waals surface area contributed by atoms with Gasteiger partial charge in [-0.25, -0.2) is 4.98 Å². The van der Waals surface area contributed by atoms with E-state index in [4.69, 9.17) is 9.47 Å². The summed E-state index contributed by atoms with van der Waals surface area (Å²) in [5.74, 6) is 1.95. The molecule has 8 heteroatoms. The van der Waals surface area contributed by atoms with Crippen molar-refractivity contribution in [2.75, 3.05) is 49.6 Å². The Morgan fingerprint density at radius 1 is 1.18 bits per heavy atom. The number of rotatable bonds is 3. The van der Waals surface area contributed by atoms with Gasteiger partial charge in [-0.2, -0.15) is 4.98 Å². The fourth-order valence-corrected chi connectivity index (χ4v) is 3.99. The van der Waals surface area contributed by atoms with Crippen molar-refractivity contribution in [3.63, 3.8) is 0 Å². The van der Waals surface area contributed by atoms with Gasteiger partial charge in [0.1, 0.15) is 11.4 Å². The number of ether oxygens (including phenoxy) is 2. The Morgan fingerprint density at radius 2 is 2.04 bits per heavy atom. The first-order valence-electron chi connectivity index (χ1n) is 9.72. The van der Waals surface area contributed by atoms with Gasteiger partial charge in [-0.05, 0) is 24.1 Å². The maximum atomic E-state index is 11.4. The van der Waals surface area contributed by atoms with E-state index in [-0.39, 0.29) is 12.5 Å². The number of hydrogen-bond donors (Lipinski definition) is 1. The Kier molecular flexibility index (Phi) is 4.27. The van der Waals surface area contributed by atoms with Crippen LogP contribution in [-0.2, 0) is 11.2 Å². The smallest absolute Gasteiger partial charge is 0.262 e.